The molecule has 0 fully saturated rings. The molecule has 1 N–H and O–H groups in total. The average molecular weight is 373 g/mol. The molecule has 1 unspecified atom stereocenters. The molecule has 0 bridgehead atoms. The van der Waals surface area contributed by atoms with Crippen molar-refractivity contribution in [3.63, 3.8) is 0 Å². The summed E-state index contributed by atoms with van der Waals surface area (Å²) in [6.07, 6.45) is 2.09. The molecule has 0 aliphatic carbocycles. The highest BCUT2D eigenvalue weighted by atomic mass is 79.9. The first kappa shape index (κ1) is 16.0. The van der Waals surface area contributed by atoms with Crippen LogP contribution >= 0.6 is 38.9 Å². The van der Waals surface area contributed by atoms with E-state index in [1.165, 1.54) is 16.0 Å². The number of aryl methyl sites for hydroxylation is 1. The van der Waals surface area contributed by atoms with E-state index in [1.807, 2.05) is 6.07 Å². The molecule has 1 nitrogen and oxygen atoms in total. The number of hydrogen-bond acceptors (Lipinski definition) is 2. The SMILES string of the molecule is CCCNC(Cc1cc(Br)cs1)c1ccc(C)cc1Cl. The molecular weight excluding hydrogens is 354 g/mol. The molecule has 4 heteroatoms. The third-order valence-corrected chi connectivity index (χ3v) is 5.25. The number of benzene rings is 1. The number of hydrogen-bond donors (Lipinski definition) is 1. The van der Waals surface area contributed by atoms with Crippen molar-refractivity contribution in [3.8, 4) is 0 Å². The highest BCUT2D eigenvalue weighted by Gasteiger charge is 2.15. The quantitative estimate of drug-likeness (QED) is 0.680. The van der Waals surface area contributed by atoms with E-state index in [0.717, 1.165) is 28.9 Å². The van der Waals surface area contributed by atoms with Gasteiger partial charge in [-0.3, -0.25) is 0 Å². The summed E-state index contributed by atoms with van der Waals surface area (Å²) < 4.78 is 1.15. The van der Waals surface area contributed by atoms with Crippen LogP contribution in [0.25, 0.3) is 0 Å². The molecule has 0 radical (unpaired) electrons. The van der Waals surface area contributed by atoms with E-state index in [9.17, 15) is 0 Å². The molecule has 1 heterocycles. The van der Waals surface area contributed by atoms with E-state index in [1.54, 1.807) is 11.3 Å². The highest BCUT2D eigenvalue weighted by Crippen LogP contribution is 2.29. The Kier molecular flexibility index (Phi) is 6.09. The first-order chi connectivity index (χ1) is 9.60. The lowest BCUT2D eigenvalue weighted by molar-refractivity contribution is 0.532. The first-order valence-electron chi connectivity index (χ1n) is 6.82. The smallest absolute Gasteiger partial charge is 0.0456 e. The largest absolute Gasteiger partial charge is 0.310 e. The summed E-state index contributed by atoms with van der Waals surface area (Å²) in [7, 11) is 0. The fraction of sp³-hybridized carbons (Fsp3) is 0.375. The van der Waals surface area contributed by atoms with Crippen LogP contribution in [-0.4, -0.2) is 6.54 Å². The van der Waals surface area contributed by atoms with Gasteiger partial charge in [0.2, 0.25) is 0 Å². The maximum atomic E-state index is 6.43. The molecule has 108 valence electrons. The van der Waals surface area contributed by atoms with Gasteiger partial charge in [-0.15, -0.1) is 11.3 Å². The van der Waals surface area contributed by atoms with Crippen molar-refractivity contribution in [3.05, 3.63) is 55.1 Å². The Morgan fingerprint density at radius 2 is 2.15 bits per heavy atom. The summed E-state index contributed by atoms with van der Waals surface area (Å²) >= 11 is 11.7. The maximum absolute atomic E-state index is 6.43. The third-order valence-electron chi connectivity index (χ3n) is 3.20. The van der Waals surface area contributed by atoms with Crippen molar-refractivity contribution >= 4 is 38.9 Å². The van der Waals surface area contributed by atoms with Crippen molar-refractivity contribution in [1.82, 2.24) is 5.32 Å². The minimum absolute atomic E-state index is 0.272. The van der Waals surface area contributed by atoms with Crippen molar-refractivity contribution in [2.45, 2.75) is 32.7 Å². The van der Waals surface area contributed by atoms with Crippen LogP contribution in [-0.2, 0) is 6.42 Å². The van der Waals surface area contributed by atoms with Crippen molar-refractivity contribution in [2.24, 2.45) is 0 Å². The Labute approximate surface area is 138 Å². The molecule has 0 saturated heterocycles. The number of rotatable bonds is 6. The summed E-state index contributed by atoms with van der Waals surface area (Å²) in [5.74, 6) is 0. The summed E-state index contributed by atoms with van der Waals surface area (Å²) in [4.78, 5) is 1.36. The molecule has 1 aromatic carbocycles. The zero-order valence-electron chi connectivity index (χ0n) is 11.7. The van der Waals surface area contributed by atoms with Gasteiger partial charge in [0.25, 0.3) is 0 Å². The Morgan fingerprint density at radius 1 is 1.35 bits per heavy atom. The van der Waals surface area contributed by atoms with Gasteiger partial charge < -0.3 is 5.32 Å². The van der Waals surface area contributed by atoms with Gasteiger partial charge in [-0.1, -0.05) is 30.7 Å². The van der Waals surface area contributed by atoms with Gasteiger partial charge in [-0.2, -0.15) is 0 Å². The van der Waals surface area contributed by atoms with E-state index in [2.05, 4.69) is 58.7 Å². The number of nitrogens with one attached hydrogen (secondary N) is 1. The second-order valence-corrected chi connectivity index (χ2v) is 7.29. The molecule has 0 saturated carbocycles. The lowest BCUT2D eigenvalue weighted by Crippen LogP contribution is -2.24. The van der Waals surface area contributed by atoms with Gasteiger partial charge in [-0.05, 0) is 59.1 Å². The van der Waals surface area contributed by atoms with Crippen molar-refractivity contribution in [2.75, 3.05) is 6.54 Å². The molecule has 2 rings (SSSR count). The molecule has 0 aliphatic heterocycles. The van der Waals surface area contributed by atoms with Crippen LogP contribution in [0.2, 0.25) is 5.02 Å². The second kappa shape index (κ2) is 7.60. The molecule has 0 spiro atoms. The number of halogens is 2. The van der Waals surface area contributed by atoms with Gasteiger partial charge >= 0.3 is 0 Å². The topological polar surface area (TPSA) is 12.0 Å². The molecule has 2 aromatic rings. The fourth-order valence-corrected chi connectivity index (χ4v) is 4.05. The third kappa shape index (κ3) is 4.32. The standard InChI is InChI=1S/C16H19BrClNS/c1-3-6-19-16(9-13-8-12(17)10-20-13)14-5-4-11(2)7-15(14)18/h4-5,7-8,10,16,19H,3,6,9H2,1-2H3. The minimum Gasteiger partial charge on any atom is -0.310 e. The zero-order chi connectivity index (χ0) is 14.5. The van der Waals surface area contributed by atoms with Gasteiger partial charge in [0, 0.05) is 32.2 Å². The number of thiophene rings is 1. The van der Waals surface area contributed by atoms with Crippen molar-refractivity contribution in [1.29, 1.82) is 0 Å². The lowest BCUT2D eigenvalue weighted by Gasteiger charge is -2.20. The van der Waals surface area contributed by atoms with Crippen molar-refractivity contribution < 1.29 is 0 Å². The minimum atomic E-state index is 0.272. The first-order valence-corrected chi connectivity index (χ1v) is 8.87. The summed E-state index contributed by atoms with van der Waals surface area (Å²) in [6.45, 7) is 5.25. The van der Waals surface area contributed by atoms with Gasteiger partial charge in [0.15, 0.2) is 0 Å². The Hall–Kier alpha value is -0.350. The molecule has 1 aromatic heterocycles. The Morgan fingerprint density at radius 3 is 2.75 bits per heavy atom. The van der Waals surface area contributed by atoms with Crippen LogP contribution in [0.5, 0.6) is 0 Å². The predicted molar refractivity (Wildman–Crippen MR) is 92.9 cm³/mol. The molecule has 0 aliphatic rings. The fourth-order valence-electron chi connectivity index (χ4n) is 2.19. The summed E-state index contributed by atoms with van der Waals surface area (Å²) in [5.41, 5.74) is 2.39. The average Bonchev–Trinajstić information content (AvgIpc) is 2.80. The van der Waals surface area contributed by atoms with Crippen LogP contribution in [0.15, 0.2) is 34.1 Å². The Balaban J connectivity index is 2.22. The normalized spacial score (nSPS) is 12.6. The van der Waals surface area contributed by atoms with E-state index >= 15 is 0 Å². The summed E-state index contributed by atoms with van der Waals surface area (Å²) in [5, 5.41) is 6.59. The van der Waals surface area contributed by atoms with E-state index < -0.39 is 0 Å². The van der Waals surface area contributed by atoms with Gasteiger partial charge in [-0.25, -0.2) is 0 Å². The second-order valence-electron chi connectivity index (χ2n) is 4.97. The van der Waals surface area contributed by atoms with Crippen LogP contribution in [0.1, 0.15) is 35.4 Å². The van der Waals surface area contributed by atoms with E-state index in [4.69, 9.17) is 11.6 Å². The van der Waals surface area contributed by atoms with Crippen LogP contribution < -0.4 is 5.32 Å². The highest BCUT2D eigenvalue weighted by molar-refractivity contribution is 9.10. The lowest BCUT2D eigenvalue weighted by atomic mass is 10.0. The van der Waals surface area contributed by atoms with Gasteiger partial charge in [0.05, 0.1) is 0 Å². The zero-order valence-corrected chi connectivity index (χ0v) is 14.9. The monoisotopic (exact) mass is 371 g/mol. The molecule has 20 heavy (non-hydrogen) atoms. The van der Waals surface area contributed by atoms with E-state index in [0.29, 0.717) is 0 Å². The van der Waals surface area contributed by atoms with Crippen LogP contribution in [0, 0.1) is 6.92 Å². The molecule has 0 amide bonds. The molecule has 1 atom stereocenters. The van der Waals surface area contributed by atoms with E-state index in [-0.39, 0.29) is 6.04 Å². The summed E-state index contributed by atoms with van der Waals surface area (Å²) in [6, 6.07) is 8.78. The predicted octanol–water partition coefficient (Wildman–Crippen LogP) is 5.76. The van der Waals surface area contributed by atoms with Crippen LogP contribution in [0.4, 0.5) is 0 Å². The maximum Gasteiger partial charge on any atom is 0.0456 e. The van der Waals surface area contributed by atoms with Gasteiger partial charge in [0.1, 0.15) is 0 Å². The van der Waals surface area contributed by atoms with Crippen LogP contribution in [0.3, 0.4) is 0 Å². The Bertz CT molecular complexity index is 567. The molecular formula is C16H19BrClNS.